The van der Waals surface area contributed by atoms with E-state index in [2.05, 4.69) is 17.1 Å². The van der Waals surface area contributed by atoms with Crippen molar-refractivity contribution in [1.82, 2.24) is 10.1 Å². The summed E-state index contributed by atoms with van der Waals surface area (Å²) < 4.78 is 5.12. The summed E-state index contributed by atoms with van der Waals surface area (Å²) in [5.74, 6) is 0.172. The van der Waals surface area contributed by atoms with E-state index in [1.54, 1.807) is 12.1 Å². The van der Waals surface area contributed by atoms with Crippen LogP contribution in [0.2, 0.25) is 0 Å². The highest BCUT2D eigenvalue weighted by molar-refractivity contribution is 5.88. The Bertz CT molecular complexity index is 531. The summed E-state index contributed by atoms with van der Waals surface area (Å²) in [6, 6.07) is 6.41. The van der Waals surface area contributed by atoms with E-state index in [0.717, 1.165) is 24.8 Å². The Kier molecular flexibility index (Phi) is 3.72. The average Bonchev–Trinajstić information content (AvgIpc) is 2.85. The third-order valence-corrected chi connectivity index (χ3v) is 2.60. The van der Waals surface area contributed by atoms with E-state index in [9.17, 15) is 4.79 Å². The first kappa shape index (κ1) is 12.3. The molecule has 1 aromatic heterocycles. The summed E-state index contributed by atoms with van der Waals surface area (Å²) in [6.07, 6.45) is 2.86. The number of carbonyl (C=O) groups is 1. The van der Waals surface area contributed by atoms with E-state index in [1.165, 1.54) is 12.1 Å². The van der Waals surface area contributed by atoms with Gasteiger partial charge in [0.05, 0.1) is 5.56 Å². The van der Waals surface area contributed by atoms with Crippen molar-refractivity contribution in [1.29, 1.82) is 0 Å². The van der Waals surface area contributed by atoms with Crippen molar-refractivity contribution in [2.45, 2.75) is 26.2 Å². The Labute approximate surface area is 104 Å². The molecule has 0 fully saturated rings. The van der Waals surface area contributed by atoms with Crippen LogP contribution in [0.4, 0.5) is 0 Å². The van der Waals surface area contributed by atoms with Gasteiger partial charge in [-0.05, 0) is 18.6 Å². The van der Waals surface area contributed by atoms with Crippen molar-refractivity contribution in [2.75, 3.05) is 0 Å². The molecule has 0 bridgehead atoms. The Morgan fingerprint density at radius 1 is 1.33 bits per heavy atom. The van der Waals surface area contributed by atoms with Crippen LogP contribution < -0.4 is 0 Å². The summed E-state index contributed by atoms with van der Waals surface area (Å²) >= 11 is 0. The van der Waals surface area contributed by atoms with Gasteiger partial charge in [-0.25, -0.2) is 4.79 Å². The molecule has 0 aliphatic carbocycles. The van der Waals surface area contributed by atoms with E-state index in [-0.39, 0.29) is 5.56 Å². The molecule has 0 aliphatic rings. The number of aromatic carboxylic acids is 1. The molecule has 0 spiro atoms. The van der Waals surface area contributed by atoms with Crippen LogP contribution in [0, 0.1) is 0 Å². The van der Waals surface area contributed by atoms with E-state index in [0.29, 0.717) is 11.7 Å². The third-order valence-electron chi connectivity index (χ3n) is 2.60. The molecule has 1 heterocycles. The molecule has 0 unspecified atom stereocenters. The fourth-order valence-corrected chi connectivity index (χ4v) is 1.56. The van der Waals surface area contributed by atoms with E-state index >= 15 is 0 Å². The van der Waals surface area contributed by atoms with Gasteiger partial charge in [0.1, 0.15) is 0 Å². The Morgan fingerprint density at radius 2 is 2.06 bits per heavy atom. The van der Waals surface area contributed by atoms with Gasteiger partial charge in [-0.2, -0.15) is 4.98 Å². The maximum atomic E-state index is 10.7. The highest BCUT2D eigenvalue weighted by Crippen LogP contribution is 2.17. The Balaban J connectivity index is 2.15. The van der Waals surface area contributed by atoms with Crippen molar-refractivity contribution in [3.63, 3.8) is 0 Å². The fourth-order valence-electron chi connectivity index (χ4n) is 1.56. The zero-order chi connectivity index (χ0) is 13.0. The van der Waals surface area contributed by atoms with Gasteiger partial charge in [-0.1, -0.05) is 30.6 Å². The van der Waals surface area contributed by atoms with Crippen LogP contribution >= 0.6 is 0 Å². The van der Waals surface area contributed by atoms with Gasteiger partial charge in [-0.15, -0.1) is 0 Å². The molecule has 0 saturated heterocycles. The van der Waals surface area contributed by atoms with Gasteiger partial charge in [-0.3, -0.25) is 0 Å². The second kappa shape index (κ2) is 5.44. The molecule has 94 valence electrons. The van der Waals surface area contributed by atoms with Crippen molar-refractivity contribution in [3.8, 4) is 11.4 Å². The first-order valence-electron chi connectivity index (χ1n) is 5.87. The predicted octanol–water partition coefficient (Wildman–Crippen LogP) is 2.78. The lowest BCUT2D eigenvalue weighted by atomic mass is 10.1. The minimum absolute atomic E-state index is 0.244. The largest absolute Gasteiger partial charge is 0.478 e. The molecule has 18 heavy (non-hydrogen) atoms. The highest BCUT2D eigenvalue weighted by atomic mass is 16.5. The molecule has 5 nitrogen and oxygen atoms in total. The number of hydrogen-bond acceptors (Lipinski definition) is 4. The zero-order valence-corrected chi connectivity index (χ0v) is 10.1. The molecular formula is C13H14N2O3. The fraction of sp³-hybridized carbons (Fsp3) is 0.308. The second-order valence-corrected chi connectivity index (χ2v) is 4.00. The molecule has 0 saturated carbocycles. The molecule has 2 rings (SSSR count). The average molecular weight is 246 g/mol. The van der Waals surface area contributed by atoms with Gasteiger partial charge >= 0.3 is 5.97 Å². The molecule has 1 aromatic carbocycles. The Morgan fingerprint density at radius 3 is 2.67 bits per heavy atom. The maximum Gasteiger partial charge on any atom is 0.335 e. The van der Waals surface area contributed by atoms with Crippen LogP contribution in [0.5, 0.6) is 0 Å². The quantitative estimate of drug-likeness (QED) is 0.877. The number of carboxylic acids is 1. The van der Waals surface area contributed by atoms with Gasteiger partial charge in [0.15, 0.2) is 0 Å². The minimum atomic E-state index is -0.946. The number of benzene rings is 1. The number of hydrogen-bond donors (Lipinski definition) is 1. The number of aromatic nitrogens is 2. The van der Waals surface area contributed by atoms with Gasteiger partial charge in [0, 0.05) is 12.0 Å². The second-order valence-electron chi connectivity index (χ2n) is 4.00. The van der Waals surface area contributed by atoms with E-state index < -0.39 is 5.97 Å². The number of unbranched alkanes of at least 4 members (excludes halogenated alkanes) is 1. The summed E-state index contributed by atoms with van der Waals surface area (Å²) in [6.45, 7) is 2.10. The third kappa shape index (κ3) is 2.74. The lowest BCUT2D eigenvalue weighted by Gasteiger charge is -1.95. The smallest absolute Gasteiger partial charge is 0.335 e. The molecule has 0 aliphatic heterocycles. The SMILES string of the molecule is CCCCc1nc(-c2ccc(C(=O)O)cc2)no1. The molecular weight excluding hydrogens is 232 g/mol. The monoisotopic (exact) mass is 246 g/mol. The minimum Gasteiger partial charge on any atom is -0.478 e. The topological polar surface area (TPSA) is 76.2 Å². The number of aryl methyl sites for hydroxylation is 1. The Hall–Kier alpha value is -2.17. The van der Waals surface area contributed by atoms with Crippen LogP contribution in [0.15, 0.2) is 28.8 Å². The first-order chi connectivity index (χ1) is 8.70. The summed E-state index contributed by atoms with van der Waals surface area (Å²) in [7, 11) is 0. The van der Waals surface area contributed by atoms with Crippen molar-refractivity contribution in [3.05, 3.63) is 35.7 Å². The first-order valence-corrected chi connectivity index (χ1v) is 5.87. The van der Waals surface area contributed by atoms with Gasteiger partial charge in [0.25, 0.3) is 0 Å². The number of carboxylic acid groups (broad SMARTS) is 1. The van der Waals surface area contributed by atoms with Crippen molar-refractivity contribution >= 4 is 5.97 Å². The standard InChI is InChI=1S/C13H14N2O3/c1-2-3-4-11-14-12(15-18-11)9-5-7-10(8-6-9)13(16)17/h5-8H,2-4H2,1H3,(H,16,17). The van der Waals surface area contributed by atoms with Crippen molar-refractivity contribution in [2.24, 2.45) is 0 Å². The predicted molar refractivity (Wildman–Crippen MR) is 65.3 cm³/mol. The van der Waals surface area contributed by atoms with Crippen LogP contribution in [-0.2, 0) is 6.42 Å². The number of rotatable bonds is 5. The highest BCUT2D eigenvalue weighted by Gasteiger charge is 2.09. The van der Waals surface area contributed by atoms with Crippen LogP contribution in [0.25, 0.3) is 11.4 Å². The van der Waals surface area contributed by atoms with Crippen LogP contribution in [0.3, 0.4) is 0 Å². The summed E-state index contributed by atoms with van der Waals surface area (Å²) in [4.78, 5) is 15.0. The molecule has 0 amide bonds. The molecule has 0 radical (unpaired) electrons. The molecule has 2 aromatic rings. The molecule has 1 N–H and O–H groups in total. The zero-order valence-electron chi connectivity index (χ0n) is 10.1. The van der Waals surface area contributed by atoms with E-state index in [1.807, 2.05) is 0 Å². The normalized spacial score (nSPS) is 10.5. The lowest BCUT2D eigenvalue weighted by Crippen LogP contribution is -1.95. The number of nitrogens with zero attached hydrogens (tertiary/aromatic N) is 2. The van der Waals surface area contributed by atoms with Crippen LogP contribution in [-0.4, -0.2) is 21.2 Å². The molecule has 5 heteroatoms. The van der Waals surface area contributed by atoms with Gasteiger partial charge < -0.3 is 9.63 Å². The van der Waals surface area contributed by atoms with Crippen LogP contribution in [0.1, 0.15) is 36.0 Å². The lowest BCUT2D eigenvalue weighted by molar-refractivity contribution is 0.0697. The summed E-state index contributed by atoms with van der Waals surface area (Å²) in [5, 5.41) is 12.7. The van der Waals surface area contributed by atoms with E-state index in [4.69, 9.17) is 9.63 Å². The van der Waals surface area contributed by atoms with Gasteiger partial charge in [0.2, 0.25) is 11.7 Å². The molecule has 0 atom stereocenters. The maximum absolute atomic E-state index is 10.7. The van der Waals surface area contributed by atoms with Crippen molar-refractivity contribution < 1.29 is 14.4 Å². The summed E-state index contributed by atoms with van der Waals surface area (Å²) in [5.41, 5.74) is 1.000.